The number of carbonyl (C=O) groups excluding carboxylic acids is 2. The van der Waals surface area contributed by atoms with Crippen molar-refractivity contribution in [2.45, 2.75) is 38.5 Å². The molecule has 4 heteroatoms. The van der Waals surface area contributed by atoms with Gasteiger partial charge in [-0.15, -0.1) is 0 Å². The lowest BCUT2D eigenvalue weighted by Gasteiger charge is -2.22. The first-order chi connectivity index (χ1) is 13.1. The summed E-state index contributed by atoms with van der Waals surface area (Å²) in [6.45, 7) is 0. The van der Waals surface area contributed by atoms with Crippen molar-refractivity contribution < 1.29 is 9.59 Å². The van der Waals surface area contributed by atoms with Gasteiger partial charge in [-0.2, -0.15) is 0 Å². The van der Waals surface area contributed by atoms with Crippen LogP contribution >= 0.6 is 0 Å². The first kappa shape index (κ1) is 18.9. The fraction of sp³-hybridized carbons (Fsp3) is 0.304. The van der Waals surface area contributed by atoms with E-state index < -0.39 is 11.8 Å². The van der Waals surface area contributed by atoms with E-state index in [4.69, 9.17) is 11.5 Å². The van der Waals surface area contributed by atoms with Crippen molar-refractivity contribution in [2.24, 2.45) is 17.4 Å². The van der Waals surface area contributed by atoms with Crippen LogP contribution in [0, 0.1) is 5.92 Å². The van der Waals surface area contributed by atoms with Crippen LogP contribution in [-0.2, 0) is 16.0 Å². The van der Waals surface area contributed by atoms with Crippen LogP contribution in [0.25, 0.3) is 11.1 Å². The van der Waals surface area contributed by atoms with Crippen molar-refractivity contribution in [2.75, 3.05) is 0 Å². The first-order valence-corrected chi connectivity index (χ1v) is 9.53. The summed E-state index contributed by atoms with van der Waals surface area (Å²) in [5.74, 6) is -0.978. The molecule has 0 aromatic heterocycles. The van der Waals surface area contributed by atoms with Gasteiger partial charge in [0, 0.05) is 11.6 Å². The molecule has 140 valence electrons. The number of nitrogens with two attached hydrogens (primary N) is 2. The fourth-order valence-electron chi connectivity index (χ4n) is 4.04. The van der Waals surface area contributed by atoms with E-state index >= 15 is 0 Å². The second kappa shape index (κ2) is 8.67. The molecule has 4 N–H and O–H groups in total. The molecule has 1 fully saturated rings. The third-order valence-corrected chi connectivity index (χ3v) is 5.33. The molecule has 0 unspecified atom stereocenters. The molecule has 2 amide bonds. The van der Waals surface area contributed by atoms with Crippen LogP contribution in [0.1, 0.15) is 43.2 Å². The zero-order valence-corrected chi connectivity index (χ0v) is 15.5. The topological polar surface area (TPSA) is 86.2 Å². The lowest BCUT2D eigenvalue weighted by molar-refractivity contribution is -0.117. The second-order valence-corrected chi connectivity index (χ2v) is 7.19. The SMILES string of the molecule is NC(=O)/C=C(\C(N)=O)C1CCCCC1.c1ccc2c(c1)Cc1ccccc1-2. The largest absolute Gasteiger partial charge is 0.366 e. The number of rotatable bonds is 3. The normalized spacial score (nSPS) is 15.9. The summed E-state index contributed by atoms with van der Waals surface area (Å²) in [7, 11) is 0. The van der Waals surface area contributed by atoms with Gasteiger partial charge in [-0.25, -0.2) is 0 Å². The molecule has 1 saturated carbocycles. The third-order valence-electron chi connectivity index (χ3n) is 5.33. The number of hydrogen-bond donors (Lipinski definition) is 2. The summed E-state index contributed by atoms with van der Waals surface area (Å²) in [5.41, 5.74) is 16.4. The minimum absolute atomic E-state index is 0.133. The highest BCUT2D eigenvalue weighted by atomic mass is 16.1. The molecule has 2 aliphatic carbocycles. The molecule has 0 bridgehead atoms. The van der Waals surface area contributed by atoms with Crippen LogP contribution in [0.15, 0.2) is 60.2 Å². The van der Waals surface area contributed by atoms with Crippen molar-refractivity contribution >= 4 is 11.8 Å². The van der Waals surface area contributed by atoms with Crippen molar-refractivity contribution in [3.63, 3.8) is 0 Å². The van der Waals surface area contributed by atoms with Crippen LogP contribution in [0.2, 0.25) is 0 Å². The summed E-state index contributed by atoms with van der Waals surface area (Å²) < 4.78 is 0. The van der Waals surface area contributed by atoms with Gasteiger partial charge in [-0.1, -0.05) is 67.8 Å². The monoisotopic (exact) mass is 362 g/mol. The van der Waals surface area contributed by atoms with Crippen LogP contribution in [0.4, 0.5) is 0 Å². The van der Waals surface area contributed by atoms with Crippen LogP contribution in [0.5, 0.6) is 0 Å². The Morgan fingerprint density at radius 1 is 0.815 bits per heavy atom. The Morgan fingerprint density at radius 2 is 1.33 bits per heavy atom. The Bertz CT molecular complexity index is 821. The van der Waals surface area contributed by atoms with Gasteiger partial charge in [-0.05, 0) is 47.4 Å². The van der Waals surface area contributed by atoms with Gasteiger partial charge < -0.3 is 11.5 Å². The Morgan fingerprint density at radius 3 is 1.81 bits per heavy atom. The zero-order chi connectivity index (χ0) is 19.2. The molecule has 2 aromatic carbocycles. The molecular weight excluding hydrogens is 336 g/mol. The number of hydrogen-bond acceptors (Lipinski definition) is 2. The minimum atomic E-state index is -0.593. The molecule has 27 heavy (non-hydrogen) atoms. The third kappa shape index (κ3) is 4.64. The summed E-state index contributed by atoms with van der Waals surface area (Å²) in [5, 5.41) is 0. The number of carbonyl (C=O) groups is 2. The van der Waals surface area contributed by atoms with E-state index in [1.54, 1.807) is 0 Å². The van der Waals surface area contributed by atoms with E-state index in [2.05, 4.69) is 48.5 Å². The van der Waals surface area contributed by atoms with Gasteiger partial charge in [0.25, 0.3) is 0 Å². The van der Waals surface area contributed by atoms with Gasteiger partial charge >= 0.3 is 0 Å². The van der Waals surface area contributed by atoms with E-state index in [0.717, 1.165) is 32.1 Å². The van der Waals surface area contributed by atoms with Crippen LogP contribution in [-0.4, -0.2) is 11.8 Å². The number of amides is 2. The van der Waals surface area contributed by atoms with E-state index in [-0.39, 0.29) is 5.92 Å². The summed E-state index contributed by atoms with van der Waals surface area (Å²) >= 11 is 0. The number of benzene rings is 2. The average molecular weight is 362 g/mol. The van der Waals surface area contributed by atoms with E-state index in [1.807, 2.05) is 0 Å². The van der Waals surface area contributed by atoms with Crippen LogP contribution in [0.3, 0.4) is 0 Å². The average Bonchev–Trinajstić information content (AvgIpc) is 3.06. The molecule has 2 aromatic rings. The molecule has 0 spiro atoms. The highest BCUT2D eigenvalue weighted by molar-refractivity contribution is 6.00. The van der Waals surface area contributed by atoms with E-state index in [0.29, 0.717) is 5.57 Å². The molecule has 4 rings (SSSR count). The first-order valence-electron chi connectivity index (χ1n) is 9.53. The van der Waals surface area contributed by atoms with Gasteiger partial charge in [0.15, 0.2) is 0 Å². The van der Waals surface area contributed by atoms with Gasteiger partial charge in [0.2, 0.25) is 11.8 Å². The van der Waals surface area contributed by atoms with Crippen molar-refractivity contribution in [1.82, 2.24) is 0 Å². The maximum Gasteiger partial charge on any atom is 0.245 e. The summed E-state index contributed by atoms with van der Waals surface area (Å²) in [6, 6.07) is 17.3. The highest BCUT2D eigenvalue weighted by Crippen LogP contribution is 2.35. The standard InChI is InChI=1S/C13H10.C10H16N2O2/c1-3-7-12-10(5-1)9-11-6-2-4-8-13(11)12;11-9(13)6-8(10(12)14)7-4-2-1-3-5-7/h1-8H,9H2;6-7H,1-5H2,(H2,11,13)(H2,12,14)/b;8-6-. The smallest absolute Gasteiger partial charge is 0.245 e. The van der Waals surface area contributed by atoms with Crippen molar-refractivity contribution in [1.29, 1.82) is 0 Å². The molecule has 4 nitrogen and oxygen atoms in total. The van der Waals surface area contributed by atoms with E-state index in [9.17, 15) is 9.59 Å². The predicted octanol–water partition coefficient (Wildman–Crippen LogP) is 3.72. The maximum absolute atomic E-state index is 11.1. The lowest BCUT2D eigenvalue weighted by atomic mass is 9.83. The van der Waals surface area contributed by atoms with Crippen molar-refractivity contribution in [3.05, 3.63) is 71.3 Å². The molecule has 0 saturated heterocycles. The molecule has 0 heterocycles. The van der Waals surface area contributed by atoms with Gasteiger partial charge in [0.1, 0.15) is 0 Å². The van der Waals surface area contributed by atoms with Crippen molar-refractivity contribution in [3.8, 4) is 11.1 Å². The van der Waals surface area contributed by atoms with Gasteiger partial charge in [-0.3, -0.25) is 9.59 Å². The van der Waals surface area contributed by atoms with E-state index in [1.165, 1.54) is 34.8 Å². The Balaban J connectivity index is 0.000000156. The highest BCUT2D eigenvalue weighted by Gasteiger charge is 2.21. The molecule has 0 atom stereocenters. The maximum atomic E-state index is 11.1. The second-order valence-electron chi connectivity index (χ2n) is 7.19. The number of primary amides is 2. The fourth-order valence-corrected chi connectivity index (χ4v) is 4.04. The Kier molecular flexibility index (Phi) is 6.07. The molecule has 2 aliphatic rings. The Labute approximate surface area is 160 Å². The van der Waals surface area contributed by atoms with Crippen LogP contribution < -0.4 is 11.5 Å². The van der Waals surface area contributed by atoms with Gasteiger partial charge in [0.05, 0.1) is 0 Å². The zero-order valence-electron chi connectivity index (χ0n) is 15.5. The lowest BCUT2D eigenvalue weighted by Crippen LogP contribution is -2.24. The number of fused-ring (bicyclic) bond motifs is 3. The Hall–Kier alpha value is -2.88. The quantitative estimate of drug-likeness (QED) is 0.696. The molecular formula is C23H26N2O2. The molecule has 0 aliphatic heterocycles. The predicted molar refractivity (Wildman–Crippen MR) is 108 cm³/mol. The summed E-state index contributed by atoms with van der Waals surface area (Å²) in [4.78, 5) is 21.8. The summed E-state index contributed by atoms with van der Waals surface area (Å²) in [6.07, 6.45) is 7.52. The molecule has 0 radical (unpaired) electrons. The minimum Gasteiger partial charge on any atom is -0.366 e.